The summed E-state index contributed by atoms with van der Waals surface area (Å²) in [4.78, 5) is 39.2. The highest BCUT2D eigenvalue weighted by atomic mass is 16.6. The number of nitrogen functional groups attached to an aromatic ring is 2. The van der Waals surface area contributed by atoms with Crippen molar-refractivity contribution in [1.29, 1.82) is 0 Å². The molecule has 4 aromatic rings. The molecule has 0 bridgehead atoms. The molecule has 6 N–H and O–H groups in total. The van der Waals surface area contributed by atoms with E-state index < -0.39 is 17.7 Å². The van der Waals surface area contributed by atoms with Gasteiger partial charge in [-0.25, -0.2) is 4.79 Å². The Hall–Kier alpha value is -5.51. The lowest BCUT2D eigenvalue weighted by Gasteiger charge is -2.28. The molecular weight excluding hydrogens is 618 g/mol. The van der Waals surface area contributed by atoms with Crippen molar-refractivity contribution in [2.75, 3.05) is 28.6 Å². The summed E-state index contributed by atoms with van der Waals surface area (Å²) in [5.41, 5.74) is 18.1. The van der Waals surface area contributed by atoms with Crippen LogP contribution in [0.15, 0.2) is 91.0 Å². The van der Waals surface area contributed by atoms with Gasteiger partial charge in [0.1, 0.15) is 24.0 Å². The van der Waals surface area contributed by atoms with Crippen molar-refractivity contribution in [1.82, 2.24) is 4.90 Å². The Morgan fingerprint density at radius 1 is 0.837 bits per heavy atom. The number of carbonyl (C=O) groups is 3. The van der Waals surface area contributed by atoms with E-state index >= 15 is 0 Å². The number of hydrogen-bond donors (Lipinski definition) is 4. The lowest BCUT2D eigenvalue weighted by atomic mass is 10.0. The molecule has 4 aromatic carbocycles. The minimum atomic E-state index is -0.666. The number of likely N-dealkylation sites (tertiary alicyclic amines) is 1. The van der Waals surface area contributed by atoms with Crippen molar-refractivity contribution >= 4 is 41.2 Å². The molecule has 0 spiro atoms. The van der Waals surface area contributed by atoms with Crippen molar-refractivity contribution < 1.29 is 23.9 Å². The molecule has 1 saturated heterocycles. The number of hydrogen-bond acceptors (Lipinski definition) is 7. The number of nitrogens with one attached hydrogen (secondary N) is 2. The molecule has 1 saturated carbocycles. The zero-order chi connectivity index (χ0) is 34.7. The van der Waals surface area contributed by atoms with Crippen molar-refractivity contribution in [2.24, 2.45) is 0 Å². The molecule has 2 fully saturated rings. The second-order valence-electron chi connectivity index (χ2n) is 13.7. The van der Waals surface area contributed by atoms with Crippen LogP contribution in [-0.4, -0.2) is 41.5 Å². The average molecular weight is 662 g/mol. The molecule has 4 atom stereocenters. The van der Waals surface area contributed by atoms with Gasteiger partial charge in [-0.3, -0.25) is 14.5 Å². The van der Waals surface area contributed by atoms with Gasteiger partial charge in [0.2, 0.25) is 12.3 Å². The predicted molar refractivity (Wildman–Crippen MR) is 191 cm³/mol. The molecule has 1 aliphatic heterocycles. The Labute approximate surface area is 286 Å². The van der Waals surface area contributed by atoms with Crippen LogP contribution in [0.2, 0.25) is 0 Å². The molecule has 10 nitrogen and oxygen atoms in total. The Morgan fingerprint density at radius 3 is 2.06 bits per heavy atom. The van der Waals surface area contributed by atoms with Crippen LogP contribution in [0.3, 0.4) is 0 Å². The number of nitrogens with zero attached hydrogens (tertiary/aromatic N) is 1. The summed E-state index contributed by atoms with van der Waals surface area (Å²) in [5.74, 6) is 0.681. The van der Waals surface area contributed by atoms with Crippen molar-refractivity contribution in [3.05, 3.63) is 113 Å². The minimum Gasteiger partial charge on any atom is -0.489 e. The fraction of sp³-hybridized carbons (Fsp3) is 0.308. The van der Waals surface area contributed by atoms with Gasteiger partial charge in [-0.05, 0) is 110 Å². The topological polar surface area (TPSA) is 149 Å². The first-order chi connectivity index (χ1) is 23.5. The van der Waals surface area contributed by atoms with Crippen LogP contribution in [0.25, 0.3) is 0 Å². The largest absolute Gasteiger partial charge is 0.489 e. The van der Waals surface area contributed by atoms with E-state index in [9.17, 15) is 14.4 Å². The Balaban J connectivity index is 1.25. The van der Waals surface area contributed by atoms with E-state index in [1.165, 1.54) is 4.90 Å². The van der Waals surface area contributed by atoms with E-state index in [0.29, 0.717) is 55.2 Å². The number of ether oxygens (including phenoxy) is 2. The fourth-order valence-corrected chi connectivity index (χ4v) is 6.74. The highest BCUT2D eigenvalue weighted by Gasteiger charge is 2.52. The quantitative estimate of drug-likeness (QED) is 0.106. The van der Waals surface area contributed by atoms with Crippen LogP contribution in [0, 0.1) is 0 Å². The lowest BCUT2D eigenvalue weighted by Crippen LogP contribution is -2.45. The minimum absolute atomic E-state index is 0.0461. The van der Waals surface area contributed by atoms with E-state index in [1.54, 1.807) is 32.9 Å². The first kappa shape index (κ1) is 33.4. The summed E-state index contributed by atoms with van der Waals surface area (Å²) in [6.07, 6.45) is 1.36. The zero-order valence-electron chi connectivity index (χ0n) is 28.0. The molecule has 3 amide bonds. The summed E-state index contributed by atoms with van der Waals surface area (Å²) in [6.45, 7) is 6.34. The first-order valence-corrected chi connectivity index (χ1v) is 16.6. The molecule has 1 aliphatic carbocycles. The maximum atomic E-state index is 13.5. The third kappa shape index (κ3) is 7.64. The summed E-state index contributed by atoms with van der Waals surface area (Å²) < 4.78 is 11.6. The van der Waals surface area contributed by atoms with Gasteiger partial charge in [0.15, 0.2) is 0 Å². The van der Waals surface area contributed by atoms with Gasteiger partial charge in [-0.1, -0.05) is 54.6 Å². The van der Waals surface area contributed by atoms with Gasteiger partial charge >= 0.3 is 6.09 Å². The molecule has 2 aliphatic rings. The van der Waals surface area contributed by atoms with Gasteiger partial charge < -0.3 is 31.6 Å². The number of nitrogens with two attached hydrogens (primary N) is 2. The van der Waals surface area contributed by atoms with E-state index in [2.05, 4.69) is 22.8 Å². The van der Waals surface area contributed by atoms with Crippen LogP contribution in [-0.2, 0) is 20.9 Å². The normalized spacial score (nSPS) is 19.9. The standard InChI is InChI=1S/C39H43N5O5/c1-39(2,3)49-38(47)44-19-7-10-33(44)37(46)43-32-21-27(14-18-30(32)41)36-34(35(36)26-13-17-29(40)31(20-26)42-23-45)25-11-15-28(16-12-25)48-22-24-8-5-4-6-9-24/h4-6,8-9,11-18,20-21,23,33-36H,7,10,19,22,40-41H2,1-3H3,(H,42,45)(H,43,46). The molecule has 0 radical (unpaired) electrons. The van der Waals surface area contributed by atoms with Crippen LogP contribution >= 0.6 is 0 Å². The maximum absolute atomic E-state index is 13.5. The highest BCUT2D eigenvalue weighted by molar-refractivity contribution is 5.99. The molecule has 6 rings (SSSR count). The van der Waals surface area contributed by atoms with Crippen LogP contribution < -0.4 is 26.8 Å². The highest BCUT2D eigenvalue weighted by Crippen LogP contribution is 2.66. The van der Waals surface area contributed by atoms with E-state index in [0.717, 1.165) is 28.0 Å². The Morgan fingerprint density at radius 2 is 1.43 bits per heavy atom. The molecule has 4 unspecified atom stereocenters. The van der Waals surface area contributed by atoms with Crippen LogP contribution in [0.4, 0.5) is 27.5 Å². The number of amides is 3. The summed E-state index contributed by atoms with van der Waals surface area (Å²) in [6, 6.07) is 29.0. The van der Waals surface area contributed by atoms with Gasteiger partial charge in [0.05, 0.1) is 22.7 Å². The van der Waals surface area contributed by atoms with Crippen LogP contribution in [0.5, 0.6) is 5.75 Å². The van der Waals surface area contributed by atoms with Crippen molar-refractivity contribution in [2.45, 2.75) is 69.6 Å². The van der Waals surface area contributed by atoms with E-state index in [-0.39, 0.29) is 23.7 Å². The number of rotatable bonds is 10. The molecule has 1 heterocycles. The smallest absolute Gasteiger partial charge is 0.410 e. The maximum Gasteiger partial charge on any atom is 0.410 e. The summed E-state index contributed by atoms with van der Waals surface area (Å²) in [5, 5.41) is 5.71. The molecule has 10 heteroatoms. The fourth-order valence-electron chi connectivity index (χ4n) is 6.74. The van der Waals surface area contributed by atoms with Gasteiger partial charge in [0.25, 0.3) is 0 Å². The molecule has 254 valence electrons. The van der Waals surface area contributed by atoms with Crippen molar-refractivity contribution in [3.63, 3.8) is 0 Å². The van der Waals surface area contributed by atoms with Crippen molar-refractivity contribution in [3.8, 4) is 5.75 Å². The van der Waals surface area contributed by atoms with Gasteiger partial charge in [-0.15, -0.1) is 0 Å². The predicted octanol–water partition coefficient (Wildman–Crippen LogP) is 7.00. The second kappa shape index (κ2) is 13.9. The number of anilines is 4. The molecule has 49 heavy (non-hydrogen) atoms. The summed E-state index contributed by atoms with van der Waals surface area (Å²) >= 11 is 0. The Bertz CT molecular complexity index is 1820. The third-order valence-electron chi connectivity index (χ3n) is 9.11. The van der Waals surface area contributed by atoms with Crippen LogP contribution in [0.1, 0.15) is 73.6 Å². The Kier molecular flexibility index (Phi) is 9.49. The monoisotopic (exact) mass is 661 g/mol. The van der Waals surface area contributed by atoms with Gasteiger partial charge in [-0.2, -0.15) is 0 Å². The number of carbonyl (C=O) groups excluding carboxylic acids is 3. The SMILES string of the molecule is CC(C)(C)OC(=O)N1CCCC1C(=O)Nc1cc(C2C(c3ccc(OCc4ccccc4)cc3)C2c2ccc(N)c(NC=O)c2)ccc1N. The van der Waals surface area contributed by atoms with E-state index in [1.807, 2.05) is 66.7 Å². The second-order valence-corrected chi connectivity index (χ2v) is 13.7. The first-order valence-electron chi connectivity index (χ1n) is 16.6. The summed E-state index contributed by atoms with van der Waals surface area (Å²) in [7, 11) is 0. The molecular formula is C39H43N5O5. The van der Waals surface area contributed by atoms with Gasteiger partial charge in [0, 0.05) is 6.54 Å². The van der Waals surface area contributed by atoms with E-state index in [4.69, 9.17) is 20.9 Å². The number of benzene rings is 4. The average Bonchev–Trinajstić information content (AvgIpc) is 3.61. The zero-order valence-corrected chi connectivity index (χ0v) is 28.0. The molecule has 0 aromatic heterocycles. The lowest BCUT2D eigenvalue weighted by molar-refractivity contribution is -0.120. The third-order valence-corrected chi connectivity index (χ3v) is 9.11.